The molecule has 0 spiro atoms. The maximum Gasteiger partial charge on any atom is 0.328 e. The summed E-state index contributed by atoms with van der Waals surface area (Å²) in [5, 5.41) is 2.45. The van der Waals surface area contributed by atoms with Gasteiger partial charge in [0.2, 0.25) is 5.91 Å². The van der Waals surface area contributed by atoms with E-state index < -0.39 is 6.03 Å². The first-order valence-corrected chi connectivity index (χ1v) is 4.84. The second-order valence-corrected chi connectivity index (χ2v) is 3.14. The van der Waals surface area contributed by atoms with Gasteiger partial charge in [0.15, 0.2) is 0 Å². The van der Waals surface area contributed by atoms with Gasteiger partial charge in [-0.2, -0.15) is 0 Å². The average molecular weight is 216 g/mol. The van der Waals surface area contributed by atoms with Crippen LogP contribution in [0.3, 0.4) is 0 Å². The minimum absolute atomic E-state index is 0.0237. The number of nitrogens with zero attached hydrogens (tertiary/aromatic N) is 1. The maximum absolute atomic E-state index is 11.5. The fraction of sp³-hybridized carbons (Fsp3) is 0.750. The molecule has 0 unspecified atom stereocenters. The number of hydrogen-bond donors (Lipinski definition) is 3. The Morgan fingerprint density at radius 2 is 2.00 bits per heavy atom. The van der Waals surface area contributed by atoms with Gasteiger partial charge in [0.05, 0.1) is 13.2 Å². The van der Waals surface area contributed by atoms with Crippen LogP contribution in [0, 0.1) is 0 Å². The first-order chi connectivity index (χ1) is 7.24. The molecular formula is C8H16N4O3. The summed E-state index contributed by atoms with van der Waals surface area (Å²) in [6.07, 6.45) is 0.285. The Hall–Kier alpha value is -1.34. The van der Waals surface area contributed by atoms with Crippen molar-refractivity contribution in [2.75, 3.05) is 32.8 Å². The molecule has 15 heavy (non-hydrogen) atoms. The predicted molar refractivity (Wildman–Crippen MR) is 52.7 cm³/mol. The van der Waals surface area contributed by atoms with Crippen LogP contribution in [0.15, 0.2) is 0 Å². The average Bonchev–Trinajstić information content (AvgIpc) is 2.29. The van der Waals surface area contributed by atoms with E-state index in [9.17, 15) is 9.59 Å². The summed E-state index contributed by atoms with van der Waals surface area (Å²) >= 11 is 0. The molecule has 86 valence electrons. The number of urea groups is 1. The predicted octanol–water partition coefficient (Wildman–Crippen LogP) is -1.59. The van der Waals surface area contributed by atoms with Crippen molar-refractivity contribution in [3.05, 3.63) is 0 Å². The van der Waals surface area contributed by atoms with Crippen molar-refractivity contribution in [3.8, 4) is 0 Å². The summed E-state index contributed by atoms with van der Waals surface area (Å²) in [5.41, 5.74) is 1.92. The number of nitrogens with one attached hydrogen (secondary N) is 2. The Morgan fingerprint density at radius 1 is 1.33 bits per heavy atom. The molecular weight excluding hydrogens is 200 g/mol. The zero-order valence-corrected chi connectivity index (χ0v) is 8.49. The van der Waals surface area contributed by atoms with Gasteiger partial charge in [0.25, 0.3) is 0 Å². The number of hydrazine groups is 1. The normalized spacial score (nSPS) is 15.9. The standard InChI is InChI=1S/C8H16N4O3/c9-11-8(14)10-2-1-7(13)12-3-5-15-6-4-12/h1-6,9H2,(H2,10,11,14). The van der Waals surface area contributed by atoms with Crippen LogP contribution >= 0.6 is 0 Å². The molecule has 1 aliphatic heterocycles. The molecule has 0 aliphatic carbocycles. The number of amides is 3. The van der Waals surface area contributed by atoms with E-state index in [1.165, 1.54) is 0 Å². The van der Waals surface area contributed by atoms with E-state index in [1.54, 1.807) is 4.90 Å². The van der Waals surface area contributed by atoms with Crippen molar-refractivity contribution < 1.29 is 14.3 Å². The van der Waals surface area contributed by atoms with Crippen LogP contribution in [-0.4, -0.2) is 49.7 Å². The number of carbonyl (C=O) groups excluding carboxylic acids is 2. The number of nitrogens with two attached hydrogens (primary N) is 1. The third kappa shape index (κ3) is 4.13. The first kappa shape index (κ1) is 11.7. The maximum atomic E-state index is 11.5. The van der Waals surface area contributed by atoms with E-state index in [-0.39, 0.29) is 12.3 Å². The summed E-state index contributed by atoms with van der Waals surface area (Å²) in [6, 6.07) is -0.482. The van der Waals surface area contributed by atoms with Gasteiger partial charge < -0.3 is 15.0 Å². The SMILES string of the molecule is NNC(=O)NCCC(=O)N1CCOCC1. The number of rotatable bonds is 3. The topological polar surface area (TPSA) is 96.7 Å². The molecule has 1 heterocycles. The molecule has 1 aliphatic rings. The van der Waals surface area contributed by atoms with E-state index in [1.807, 2.05) is 5.43 Å². The van der Waals surface area contributed by atoms with Crippen LogP contribution in [-0.2, 0) is 9.53 Å². The molecule has 0 aromatic heterocycles. The lowest BCUT2D eigenvalue weighted by molar-refractivity contribution is -0.135. The van der Waals surface area contributed by atoms with Crippen molar-refractivity contribution in [2.45, 2.75) is 6.42 Å². The second kappa shape index (κ2) is 6.20. The van der Waals surface area contributed by atoms with Gasteiger partial charge in [-0.3, -0.25) is 10.2 Å². The van der Waals surface area contributed by atoms with E-state index in [2.05, 4.69) is 5.32 Å². The Labute approximate surface area is 87.9 Å². The Bertz CT molecular complexity index is 228. The van der Waals surface area contributed by atoms with Gasteiger partial charge in [-0.05, 0) is 0 Å². The van der Waals surface area contributed by atoms with Crippen LogP contribution in [0.1, 0.15) is 6.42 Å². The van der Waals surface area contributed by atoms with Crippen LogP contribution in [0.2, 0.25) is 0 Å². The zero-order valence-electron chi connectivity index (χ0n) is 8.49. The lowest BCUT2D eigenvalue weighted by atomic mass is 10.3. The largest absolute Gasteiger partial charge is 0.378 e. The number of carbonyl (C=O) groups is 2. The zero-order chi connectivity index (χ0) is 11.1. The molecule has 0 aromatic carbocycles. The van der Waals surface area contributed by atoms with Crippen LogP contribution < -0.4 is 16.6 Å². The molecule has 7 nitrogen and oxygen atoms in total. The molecule has 0 atom stereocenters. The van der Waals surface area contributed by atoms with Crippen LogP contribution in [0.4, 0.5) is 4.79 Å². The lowest BCUT2D eigenvalue weighted by Crippen LogP contribution is -2.44. The lowest BCUT2D eigenvalue weighted by Gasteiger charge is -2.26. The highest BCUT2D eigenvalue weighted by Gasteiger charge is 2.16. The van der Waals surface area contributed by atoms with Gasteiger partial charge in [0.1, 0.15) is 0 Å². The summed E-state index contributed by atoms with van der Waals surface area (Å²) in [4.78, 5) is 23.9. The van der Waals surface area contributed by atoms with Gasteiger partial charge in [-0.25, -0.2) is 10.6 Å². The number of hydrogen-bond acceptors (Lipinski definition) is 4. The van der Waals surface area contributed by atoms with Gasteiger partial charge in [0, 0.05) is 26.1 Å². The minimum atomic E-state index is -0.482. The number of morpholine rings is 1. The molecule has 4 N–H and O–H groups in total. The highest BCUT2D eigenvalue weighted by molar-refractivity contribution is 5.78. The minimum Gasteiger partial charge on any atom is -0.378 e. The molecule has 0 aromatic rings. The van der Waals surface area contributed by atoms with E-state index in [0.717, 1.165) is 0 Å². The Morgan fingerprint density at radius 3 is 2.60 bits per heavy atom. The van der Waals surface area contributed by atoms with Gasteiger partial charge >= 0.3 is 6.03 Å². The molecule has 1 fully saturated rings. The van der Waals surface area contributed by atoms with Gasteiger partial charge in [-0.15, -0.1) is 0 Å². The third-order valence-corrected chi connectivity index (χ3v) is 2.12. The molecule has 0 radical (unpaired) electrons. The van der Waals surface area contributed by atoms with Crippen molar-refractivity contribution in [3.63, 3.8) is 0 Å². The van der Waals surface area contributed by atoms with Crippen molar-refractivity contribution in [1.29, 1.82) is 0 Å². The third-order valence-electron chi connectivity index (χ3n) is 2.12. The monoisotopic (exact) mass is 216 g/mol. The second-order valence-electron chi connectivity index (χ2n) is 3.14. The molecule has 1 saturated heterocycles. The smallest absolute Gasteiger partial charge is 0.328 e. The Kier molecular flexibility index (Phi) is 4.85. The van der Waals surface area contributed by atoms with E-state index in [0.29, 0.717) is 32.8 Å². The summed E-state index contributed by atoms with van der Waals surface area (Å²) in [7, 11) is 0. The van der Waals surface area contributed by atoms with Gasteiger partial charge in [-0.1, -0.05) is 0 Å². The molecule has 1 rings (SSSR count). The highest BCUT2D eigenvalue weighted by Crippen LogP contribution is 1.99. The Balaban J connectivity index is 2.14. The molecule has 3 amide bonds. The first-order valence-electron chi connectivity index (χ1n) is 4.84. The summed E-state index contributed by atoms with van der Waals surface area (Å²) in [5.74, 6) is 4.88. The quantitative estimate of drug-likeness (QED) is 0.301. The molecule has 0 bridgehead atoms. The molecule has 7 heteroatoms. The van der Waals surface area contributed by atoms with Crippen LogP contribution in [0.5, 0.6) is 0 Å². The fourth-order valence-electron chi connectivity index (χ4n) is 1.30. The van der Waals surface area contributed by atoms with E-state index in [4.69, 9.17) is 10.6 Å². The fourth-order valence-corrected chi connectivity index (χ4v) is 1.30. The van der Waals surface area contributed by atoms with Crippen molar-refractivity contribution in [1.82, 2.24) is 15.6 Å². The molecule has 0 saturated carbocycles. The van der Waals surface area contributed by atoms with Crippen LogP contribution in [0.25, 0.3) is 0 Å². The highest BCUT2D eigenvalue weighted by atomic mass is 16.5. The van der Waals surface area contributed by atoms with E-state index >= 15 is 0 Å². The van der Waals surface area contributed by atoms with Crippen molar-refractivity contribution in [2.24, 2.45) is 5.84 Å². The number of ether oxygens (including phenoxy) is 1. The summed E-state index contributed by atoms with van der Waals surface area (Å²) < 4.78 is 5.12. The van der Waals surface area contributed by atoms with Crippen molar-refractivity contribution >= 4 is 11.9 Å². The summed E-state index contributed by atoms with van der Waals surface area (Å²) in [6.45, 7) is 2.72.